The zero-order chi connectivity index (χ0) is 19.9. The number of fused-ring (bicyclic) bond motifs is 1. The van der Waals surface area contributed by atoms with Crippen molar-refractivity contribution in [2.24, 2.45) is 14.1 Å². The van der Waals surface area contributed by atoms with Crippen LogP contribution in [0.3, 0.4) is 0 Å². The second-order valence-corrected chi connectivity index (χ2v) is 6.34. The Morgan fingerprint density at radius 2 is 1.89 bits per heavy atom. The van der Waals surface area contributed by atoms with Gasteiger partial charge >= 0.3 is 11.9 Å². The lowest BCUT2D eigenvalue weighted by atomic mass is 10.2. The van der Waals surface area contributed by atoms with Gasteiger partial charge in [-0.1, -0.05) is 11.6 Å². The van der Waals surface area contributed by atoms with E-state index in [0.29, 0.717) is 0 Å². The molecule has 0 amide bonds. The first-order chi connectivity index (χ1) is 12.6. The fraction of sp³-hybridized carbons (Fsp3) is 0.312. The van der Waals surface area contributed by atoms with Crippen molar-refractivity contribution in [3.05, 3.63) is 56.0 Å². The third-order valence-corrected chi connectivity index (χ3v) is 4.50. The first-order valence-electron chi connectivity index (χ1n) is 7.82. The number of alkyl halides is 3. The molecule has 0 fully saturated rings. The molecular formula is C16H15ClF3N5O2. The monoisotopic (exact) mass is 401 g/mol. The molecule has 2 heterocycles. The van der Waals surface area contributed by atoms with Gasteiger partial charge in [-0.2, -0.15) is 13.2 Å². The Balaban J connectivity index is 1.83. The van der Waals surface area contributed by atoms with E-state index in [4.69, 9.17) is 11.6 Å². The average Bonchev–Trinajstić information content (AvgIpc) is 3.02. The van der Waals surface area contributed by atoms with Crippen molar-refractivity contribution in [2.45, 2.75) is 12.7 Å². The normalized spacial score (nSPS) is 11.9. The summed E-state index contributed by atoms with van der Waals surface area (Å²) in [5.74, 6) is 0. The van der Waals surface area contributed by atoms with E-state index in [9.17, 15) is 22.8 Å². The van der Waals surface area contributed by atoms with Crippen LogP contribution in [0.4, 0.5) is 18.9 Å². The second kappa shape index (κ2) is 6.76. The van der Waals surface area contributed by atoms with Gasteiger partial charge in [0.2, 0.25) is 0 Å². The lowest BCUT2D eigenvalue weighted by Crippen LogP contribution is -2.37. The molecule has 3 aromatic rings. The predicted molar refractivity (Wildman–Crippen MR) is 95.2 cm³/mol. The maximum atomic E-state index is 12.9. The van der Waals surface area contributed by atoms with Crippen LogP contribution in [-0.4, -0.2) is 25.2 Å². The van der Waals surface area contributed by atoms with Gasteiger partial charge in [-0.25, -0.2) is 9.78 Å². The maximum Gasteiger partial charge on any atom is 0.417 e. The molecular weight excluding hydrogens is 387 g/mol. The Morgan fingerprint density at radius 3 is 2.56 bits per heavy atom. The van der Waals surface area contributed by atoms with Crippen LogP contribution < -0.4 is 16.6 Å². The van der Waals surface area contributed by atoms with E-state index < -0.39 is 23.0 Å². The highest BCUT2D eigenvalue weighted by molar-refractivity contribution is 6.31. The average molecular weight is 402 g/mol. The highest BCUT2D eigenvalue weighted by atomic mass is 35.5. The minimum absolute atomic E-state index is 0.233. The highest BCUT2D eigenvalue weighted by Gasteiger charge is 2.33. The van der Waals surface area contributed by atoms with Gasteiger partial charge in [-0.15, -0.1) is 0 Å². The van der Waals surface area contributed by atoms with Crippen molar-refractivity contribution < 1.29 is 13.2 Å². The second-order valence-electron chi connectivity index (χ2n) is 5.94. The third-order valence-electron chi connectivity index (χ3n) is 4.17. The number of nitrogens with one attached hydrogen (secondary N) is 1. The van der Waals surface area contributed by atoms with E-state index in [2.05, 4.69) is 10.3 Å². The van der Waals surface area contributed by atoms with Crippen molar-refractivity contribution in [1.82, 2.24) is 18.7 Å². The molecule has 1 N–H and O–H groups in total. The fourth-order valence-corrected chi connectivity index (χ4v) is 2.96. The summed E-state index contributed by atoms with van der Waals surface area (Å²) in [6.07, 6.45) is -3.14. The number of imidazole rings is 1. The first kappa shape index (κ1) is 19.0. The Bertz CT molecular complexity index is 1130. The molecule has 1 aromatic carbocycles. The molecule has 0 unspecified atom stereocenters. The lowest BCUT2D eigenvalue weighted by Gasteiger charge is -2.13. The number of rotatable bonds is 4. The summed E-state index contributed by atoms with van der Waals surface area (Å²) in [7, 11) is 2.87. The van der Waals surface area contributed by atoms with Crippen LogP contribution in [0, 0.1) is 0 Å². The summed E-state index contributed by atoms with van der Waals surface area (Å²) in [4.78, 5) is 28.3. The van der Waals surface area contributed by atoms with Crippen LogP contribution in [0.5, 0.6) is 0 Å². The Labute approximate surface area is 155 Å². The SMILES string of the molecule is Cn1c(=O)c2c(ncn2CCNc2ccc(Cl)c(C(F)(F)F)c2)n(C)c1=O. The van der Waals surface area contributed by atoms with Crippen molar-refractivity contribution in [2.75, 3.05) is 11.9 Å². The number of nitrogens with zero attached hydrogens (tertiary/aromatic N) is 4. The quantitative estimate of drug-likeness (QED) is 0.727. The van der Waals surface area contributed by atoms with Crippen molar-refractivity contribution >= 4 is 28.5 Å². The summed E-state index contributed by atoms with van der Waals surface area (Å²) in [6.45, 7) is 0.490. The first-order valence-corrected chi connectivity index (χ1v) is 8.20. The summed E-state index contributed by atoms with van der Waals surface area (Å²) < 4.78 is 42.5. The van der Waals surface area contributed by atoms with Crippen LogP contribution in [0.2, 0.25) is 5.02 Å². The Kier molecular flexibility index (Phi) is 4.77. The number of aryl methyl sites for hydroxylation is 1. The van der Waals surface area contributed by atoms with Gasteiger partial charge in [0.25, 0.3) is 5.56 Å². The van der Waals surface area contributed by atoms with Crippen molar-refractivity contribution in [3.63, 3.8) is 0 Å². The number of hydrogen-bond acceptors (Lipinski definition) is 4. The van der Waals surface area contributed by atoms with Crippen LogP contribution in [0.15, 0.2) is 34.1 Å². The van der Waals surface area contributed by atoms with Gasteiger partial charge in [0, 0.05) is 32.9 Å². The zero-order valence-corrected chi connectivity index (χ0v) is 15.1. The standard InChI is InChI=1S/C16H15ClF3N5O2/c1-23-13-12(14(26)24(2)15(23)27)25(8-22-13)6-5-21-9-3-4-11(17)10(7-9)16(18,19)20/h3-4,7-8,21H,5-6H2,1-2H3. The van der Waals surface area contributed by atoms with Crippen LogP contribution >= 0.6 is 11.6 Å². The largest absolute Gasteiger partial charge is 0.417 e. The van der Waals surface area contributed by atoms with E-state index >= 15 is 0 Å². The molecule has 0 bridgehead atoms. The Hall–Kier alpha value is -2.75. The molecule has 0 saturated carbocycles. The van der Waals surface area contributed by atoms with E-state index in [1.807, 2.05) is 0 Å². The summed E-state index contributed by atoms with van der Waals surface area (Å²) in [5.41, 5.74) is -1.17. The Morgan fingerprint density at radius 1 is 1.19 bits per heavy atom. The van der Waals surface area contributed by atoms with Gasteiger partial charge in [0.05, 0.1) is 16.9 Å². The maximum absolute atomic E-state index is 12.9. The minimum atomic E-state index is -4.55. The number of halogens is 4. The summed E-state index contributed by atoms with van der Waals surface area (Å²) in [5, 5.41) is 2.49. The number of benzene rings is 1. The fourth-order valence-electron chi connectivity index (χ4n) is 2.74. The zero-order valence-electron chi connectivity index (χ0n) is 14.3. The molecule has 0 atom stereocenters. The molecule has 3 rings (SSSR count). The molecule has 11 heteroatoms. The van der Waals surface area contributed by atoms with Crippen LogP contribution in [-0.2, 0) is 26.8 Å². The van der Waals surface area contributed by atoms with Gasteiger partial charge in [0.15, 0.2) is 11.2 Å². The lowest BCUT2D eigenvalue weighted by molar-refractivity contribution is -0.137. The van der Waals surface area contributed by atoms with Crippen LogP contribution in [0.1, 0.15) is 5.56 Å². The molecule has 0 radical (unpaired) electrons. The molecule has 0 aliphatic heterocycles. The van der Waals surface area contributed by atoms with Crippen molar-refractivity contribution in [3.8, 4) is 0 Å². The number of anilines is 1. The molecule has 0 aliphatic rings. The molecule has 0 aliphatic carbocycles. The van der Waals surface area contributed by atoms with Gasteiger partial charge in [-0.3, -0.25) is 13.9 Å². The molecule has 144 valence electrons. The predicted octanol–water partition coefficient (Wildman–Crippen LogP) is 2.22. The molecule has 7 nitrogen and oxygen atoms in total. The van der Waals surface area contributed by atoms with E-state index in [0.717, 1.165) is 10.6 Å². The van der Waals surface area contributed by atoms with Gasteiger partial charge in [-0.05, 0) is 18.2 Å². The van der Waals surface area contributed by atoms with Crippen molar-refractivity contribution in [1.29, 1.82) is 0 Å². The highest BCUT2D eigenvalue weighted by Crippen LogP contribution is 2.36. The molecule has 27 heavy (non-hydrogen) atoms. The third kappa shape index (κ3) is 3.44. The van der Waals surface area contributed by atoms with Gasteiger partial charge in [0.1, 0.15) is 0 Å². The van der Waals surface area contributed by atoms with Gasteiger partial charge < -0.3 is 9.88 Å². The minimum Gasteiger partial charge on any atom is -0.383 e. The molecule has 0 spiro atoms. The smallest absolute Gasteiger partial charge is 0.383 e. The number of aromatic nitrogens is 4. The van der Waals surface area contributed by atoms with Crippen LogP contribution in [0.25, 0.3) is 11.2 Å². The van der Waals surface area contributed by atoms with E-state index in [1.54, 1.807) is 4.57 Å². The molecule has 0 saturated heterocycles. The topological polar surface area (TPSA) is 73.8 Å². The summed E-state index contributed by atoms with van der Waals surface area (Å²) in [6, 6.07) is 3.54. The van der Waals surface area contributed by atoms with E-state index in [-0.39, 0.29) is 35.0 Å². The summed E-state index contributed by atoms with van der Waals surface area (Å²) >= 11 is 5.60. The number of hydrogen-bond donors (Lipinski definition) is 1. The molecule has 2 aromatic heterocycles. The van der Waals surface area contributed by atoms with E-state index in [1.165, 1.54) is 37.1 Å².